The molecule has 0 amide bonds. The third-order valence-corrected chi connectivity index (χ3v) is 18.3. The predicted molar refractivity (Wildman–Crippen MR) is 184 cm³/mol. The molecule has 0 bridgehead atoms. The van der Waals surface area contributed by atoms with Gasteiger partial charge in [0, 0.05) is 42.0 Å². The first-order valence-electron chi connectivity index (χ1n) is 15.3. The molecule has 0 aliphatic carbocycles. The van der Waals surface area contributed by atoms with Crippen LogP contribution < -0.4 is 11.2 Å². The lowest BCUT2D eigenvalue weighted by atomic mass is 9.96. The molecule has 15 nitrogen and oxygen atoms in total. The number of hydrogen-bond acceptors (Lipinski definition) is 13. The van der Waals surface area contributed by atoms with Crippen LogP contribution in [0.2, 0.25) is 0 Å². The van der Waals surface area contributed by atoms with E-state index >= 15 is 0 Å². The normalized spacial score (nSPS) is 22.6. The largest absolute Gasteiger partial charge is 0.396 e. The van der Waals surface area contributed by atoms with E-state index in [1.54, 1.807) is 27.7 Å². The van der Waals surface area contributed by atoms with Crippen molar-refractivity contribution in [1.29, 1.82) is 0 Å². The summed E-state index contributed by atoms with van der Waals surface area (Å²) in [6, 6.07) is -0.0740. The summed E-state index contributed by atoms with van der Waals surface area (Å²) in [4.78, 5) is 31.2. The summed E-state index contributed by atoms with van der Waals surface area (Å²) in [5.41, 5.74) is -2.49. The van der Waals surface area contributed by atoms with Gasteiger partial charge in [-0.15, -0.1) is 0 Å². The second-order valence-corrected chi connectivity index (χ2v) is 23.6. The second-order valence-electron chi connectivity index (χ2n) is 12.2. The molecule has 1 aromatic rings. The fraction of sp³-hybridized carbons (Fsp3) is 0.821. The molecule has 6 atom stereocenters. The van der Waals surface area contributed by atoms with Crippen molar-refractivity contribution in [2.24, 2.45) is 0 Å². The summed E-state index contributed by atoms with van der Waals surface area (Å²) in [7, 11) is -0.346. The first kappa shape index (κ1) is 42.3. The van der Waals surface area contributed by atoms with Crippen LogP contribution in [0.25, 0.3) is 4.85 Å². The van der Waals surface area contributed by atoms with Crippen LogP contribution in [0.5, 0.6) is 0 Å². The molecule has 1 aromatic heterocycles. The number of aromatic nitrogens is 2. The average Bonchev–Trinajstić information content (AvgIpc) is 3.27. The Morgan fingerprint density at radius 1 is 1.15 bits per heavy atom. The van der Waals surface area contributed by atoms with Crippen molar-refractivity contribution >= 4 is 32.7 Å². The van der Waals surface area contributed by atoms with E-state index in [2.05, 4.69) is 9.83 Å². The third-order valence-electron chi connectivity index (χ3n) is 6.69. The van der Waals surface area contributed by atoms with E-state index in [1.807, 2.05) is 32.4 Å². The Morgan fingerprint density at radius 2 is 1.79 bits per heavy atom. The molecule has 2 rings (SSSR count). The highest BCUT2D eigenvalue weighted by Crippen LogP contribution is 2.77. The van der Waals surface area contributed by atoms with Gasteiger partial charge in [-0.25, -0.2) is 20.6 Å². The standard InChI is InChI=1S/C28H51N4O11P3S/c1-13-40-46(36,47-45(11,12)35)43-28(7,8)24-22(42-44(39-15-14-29-9)32(19(2)3)20(4)5)23(38-17-16-37-10)26(41-24)31-18-21(6)25(33)30-27(31)34/h18-20,22-24,26H,13-17H2,1-8,10-12H3,(H,30,33,34)/t22-,23+,24?,26+,44?,46?/m0/s1. The van der Waals surface area contributed by atoms with Crippen molar-refractivity contribution in [3.63, 3.8) is 0 Å². The molecular weight excluding hydrogens is 693 g/mol. The molecule has 1 aliphatic rings. The number of ether oxygens (including phenoxy) is 3. The highest BCUT2D eigenvalue weighted by Gasteiger charge is 2.57. The highest BCUT2D eigenvalue weighted by atomic mass is 33.1. The zero-order valence-electron chi connectivity index (χ0n) is 29.2. The maximum atomic E-state index is 14.0. The first-order chi connectivity index (χ1) is 21.8. The molecule has 47 heavy (non-hydrogen) atoms. The summed E-state index contributed by atoms with van der Waals surface area (Å²) < 4.78 is 73.1. The Kier molecular flexibility index (Phi) is 16.5. The van der Waals surface area contributed by atoms with Gasteiger partial charge in [0.1, 0.15) is 36.9 Å². The Balaban J connectivity index is 2.79. The highest BCUT2D eigenvalue weighted by molar-refractivity contribution is 8.86. The molecule has 1 N–H and O–H groups in total. The van der Waals surface area contributed by atoms with Gasteiger partial charge in [0.15, 0.2) is 6.23 Å². The topological polar surface area (TPSA) is 161 Å². The number of rotatable bonds is 20. The van der Waals surface area contributed by atoms with Crippen molar-refractivity contribution in [2.75, 3.05) is 53.4 Å². The molecule has 0 saturated carbocycles. The SMILES string of the molecule is [C-]#[N+]CCOP(O[C@@H]1C(C(C)(C)OP(=O)(OCC)SP(C)(C)=O)O[C@@H](n2cc(C)c(=O)[nH]c2=O)[C@@H]1OCCOC)N(C(C)C)C(C)C. The number of methoxy groups -OCH3 is 1. The van der Waals surface area contributed by atoms with E-state index in [1.165, 1.54) is 31.2 Å². The van der Waals surface area contributed by atoms with E-state index in [0.29, 0.717) is 11.0 Å². The van der Waals surface area contributed by atoms with Crippen molar-refractivity contribution < 1.29 is 41.4 Å². The molecule has 1 aliphatic heterocycles. The average molecular weight is 745 g/mol. The maximum absolute atomic E-state index is 14.0. The first-order valence-corrected chi connectivity index (χ1v) is 22.6. The minimum absolute atomic E-state index is 0.0289. The van der Waals surface area contributed by atoms with Gasteiger partial charge in [-0.3, -0.25) is 18.9 Å². The van der Waals surface area contributed by atoms with Crippen LogP contribution in [0.15, 0.2) is 15.8 Å². The van der Waals surface area contributed by atoms with Gasteiger partial charge in [0.25, 0.3) is 14.1 Å². The van der Waals surface area contributed by atoms with Gasteiger partial charge in [-0.1, -0.05) is 0 Å². The van der Waals surface area contributed by atoms with Crippen molar-refractivity contribution in [2.45, 2.75) is 97.6 Å². The second kappa shape index (κ2) is 18.4. The van der Waals surface area contributed by atoms with E-state index in [4.69, 9.17) is 38.9 Å². The molecule has 0 spiro atoms. The number of nitrogens with zero attached hydrogens (tertiary/aromatic N) is 3. The minimum Gasteiger partial charge on any atom is -0.382 e. The van der Waals surface area contributed by atoms with Crippen LogP contribution in [-0.4, -0.2) is 104 Å². The van der Waals surface area contributed by atoms with Crippen LogP contribution in [-0.2, 0) is 41.4 Å². The molecule has 1 saturated heterocycles. The Bertz CT molecular complexity index is 1400. The van der Waals surface area contributed by atoms with Crippen molar-refractivity contribution in [3.05, 3.63) is 44.0 Å². The molecule has 270 valence electrons. The van der Waals surface area contributed by atoms with Crippen molar-refractivity contribution in [1.82, 2.24) is 14.2 Å². The molecule has 0 radical (unpaired) electrons. The molecule has 2 heterocycles. The summed E-state index contributed by atoms with van der Waals surface area (Å²) in [6.45, 7) is 21.1. The fourth-order valence-corrected chi connectivity index (χ4v) is 15.9. The molecule has 0 aromatic carbocycles. The molecule has 3 unspecified atom stereocenters. The third kappa shape index (κ3) is 12.1. The van der Waals surface area contributed by atoms with E-state index in [0.717, 1.165) is 0 Å². The molecule has 1 fully saturated rings. The van der Waals surface area contributed by atoms with Gasteiger partial charge in [-0.2, -0.15) is 0 Å². The smallest absolute Gasteiger partial charge is 0.382 e. The van der Waals surface area contributed by atoms with Gasteiger partial charge in [0.05, 0.1) is 19.8 Å². The molecule has 19 heteroatoms. The predicted octanol–water partition coefficient (Wildman–Crippen LogP) is 5.65. The summed E-state index contributed by atoms with van der Waals surface area (Å²) in [5.74, 6) is 0. The van der Waals surface area contributed by atoms with E-state index in [-0.39, 0.29) is 50.6 Å². The Morgan fingerprint density at radius 3 is 2.32 bits per heavy atom. The van der Waals surface area contributed by atoms with E-state index < -0.39 is 63.1 Å². The lowest BCUT2D eigenvalue weighted by Gasteiger charge is -2.40. The number of aromatic amines is 1. The number of nitrogens with one attached hydrogen (secondary N) is 1. The fourth-order valence-electron chi connectivity index (χ4n) is 4.96. The lowest BCUT2D eigenvalue weighted by Crippen LogP contribution is -2.49. The minimum atomic E-state index is -4.04. The van der Waals surface area contributed by atoms with Crippen LogP contribution in [0.1, 0.15) is 60.3 Å². The summed E-state index contributed by atoms with van der Waals surface area (Å²) in [5, 5.41) is 0. The van der Waals surface area contributed by atoms with Crippen molar-refractivity contribution in [3.8, 4) is 0 Å². The number of aryl methyl sites for hydroxylation is 1. The summed E-state index contributed by atoms with van der Waals surface area (Å²) >= 11 is 0.647. The zero-order chi connectivity index (χ0) is 35.7. The summed E-state index contributed by atoms with van der Waals surface area (Å²) in [6.07, 6.45) is -5.85. The van der Waals surface area contributed by atoms with Crippen LogP contribution in [0, 0.1) is 13.5 Å². The lowest BCUT2D eigenvalue weighted by molar-refractivity contribution is -0.115. The van der Waals surface area contributed by atoms with E-state index in [9.17, 15) is 18.7 Å². The van der Waals surface area contributed by atoms with Gasteiger partial charge in [0.2, 0.25) is 6.54 Å². The number of H-pyrrole nitrogens is 1. The monoisotopic (exact) mass is 744 g/mol. The zero-order valence-corrected chi connectivity index (χ0v) is 32.7. The van der Waals surface area contributed by atoms with Crippen LogP contribution >= 0.6 is 32.7 Å². The van der Waals surface area contributed by atoms with Crippen LogP contribution in [0.3, 0.4) is 0 Å². The number of hydrogen-bond donors (Lipinski definition) is 1. The van der Waals surface area contributed by atoms with Gasteiger partial charge >= 0.3 is 12.5 Å². The Labute approximate surface area is 282 Å². The molecular formula is C28H51N4O11P3S. The van der Waals surface area contributed by atoms with Gasteiger partial charge < -0.3 is 37.2 Å². The van der Waals surface area contributed by atoms with Crippen LogP contribution in [0.4, 0.5) is 0 Å². The quantitative estimate of drug-likeness (QED) is 0.0992. The Hall–Kier alpha value is -0.910. The van der Waals surface area contributed by atoms with Gasteiger partial charge in [-0.05, 0) is 68.7 Å². The maximum Gasteiger partial charge on any atom is 0.396 e.